The molecule has 68 valence electrons. The molecule has 1 nitrogen and oxygen atoms in total. The number of anilines is 1. The maximum Gasteiger partial charge on any atom is 0.0800 e. The molecule has 0 spiro atoms. The Balaban J connectivity index is 2.38. The van der Waals surface area contributed by atoms with Gasteiger partial charge in [-0.05, 0) is 24.0 Å². The fraction of sp³-hybridized carbons (Fsp3) is 0.364. The lowest BCUT2D eigenvalue weighted by Gasteiger charge is -2.06. The van der Waals surface area contributed by atoms with Crippen molar-refractivity contribution in [3.8, 4) is 0 Å². The van der Waals surface area contributed by atoms with Crippen molar-refractivity contribution in [1.82, 2.24) is 0 Å². The molecule has 1 aliphatic rings. The third-order valence-electron chi connectivity index (χ3n) is 2.39. The van der Waals surface area contributed by atoms with E-state index in [0.29, 0.717) is 5.92 Å². The average molecular weight is 191 g/mol. The lowest BCUT2D eigenvalue weighted by atomic mass is 9.99. The number of nitrogens with one attached hydrogen (secondary N) is 1. The molecule has 13 heavy (non-hydrogen) atoms. The van der Waals surface area contributed by atoms with E-state index in [-0.39, 0.29) is 0 Å². The van der Waals surface area contributed by atoms with Crippen LogP contribution in [-0.4, -0.2) is 4.99 Å². The summed E-state index contributed by atoms with van der Waals surface area (Å²) in [5, 5.41) is 3.28. The molecule has 1 N–H and O–H groups in total. The molecule has 0 fully saturated rings. The highest BCUT2D eigenvalue weighted by atomic mass is 32.1. The molecular formula is C11H13NS. The van der Waals surface area contributed by atoms with Gasteiger partial charge in [-0.3, -0.25) is 0 Å². The van der Waals surface area contributed by atoms with Crippen LogP contribution in [0.25, 0.3) is 0 Å². The van der Waals surface area contributed by atoms with Gasteiger partial charge in [0.25, 0.3) is 0 Å². The van der Waals surface area contributed by atoms with E-state index in [2.05, 4.69) is 30.4 Å². The summed E-state index contributed by atoms with van der Waals surface area (Å²) in [5.41, 5.74) is 2.58. The molecule has 1 aromatic rings. The SMILES string of the molecule is CC1CC(=S)Nc2ccccc2C1. The van der Waals surface area contributed by atoms with E-state index >= 15 is 0 Å². The number of para-hydroxylation sites is 1. The van der Waals surface area contributed by atoms with Gasteiger partial charge in [0.2, 0.25) is 0 Å². The second kappa shape index (κ2) is 3.46. The van der Waals surface area contributed by atoms with E-state index in [0.717, 1.165) is 17.8 Å². The molecule has 0 radical (unpaired) electrons. The fourth-order valence-corrected chi connectivity index (χ4v) is 2.18. The summed E-state index contributed by atoms with van der Waals surface area (Å²) in [6, 6.07) is 8.40. The molecule has 2 rings (SSSR count). The molecule has 1 aromatic carbocycles. The molecular weight excluding hydrogens is 178 g/mol. The summed E-state index contributed by atoms with van der Waals surface area (Å²) in [5.74, 6) is 0.656. The van der Waals surface area contributed by atoms with Crippen LogP contribution in [0.4, 0.5) is 5.69 Å². The highest BCUT2D eigenvalue weighted by Gasteiger charge is 2.14. The third-order valence-corrected chi connectivity index (χ3v) is 2.66. The van der Waals surface area contributed by atoms with Crippen LogP contribution < -0.4 is 5.32 Å². The normalized spacial score (nSPS) is 21.6. The largest absolute Gasteiger partial charge is 0.350 e. The molecule has 2 heteroatoms. The maximum absolute atomic E-state index is 5.23. The Bertz CT molecular complexity index is 333. The first-order valence-electron chi connectivity index (χ1n) is 4.63. The van der Waals surface area contributed by atoms with E-state index in [1.54, 1.807) is 0 Å². The van der Waals surface area contributed by atoms with E-state index in [1.165, 1.54) is 11.3 Å². The zero-order chi connectivity index (χ0) is 9.26. The van der Waals surface area contributed by atoms with Crippen molar-refractivity contribution in [3.63, 3.8) is 0 Å². The second-order valence-corrected chi connectivity index (χ2v) is 4.21. The van der Waals surface area contributed by atoms with Crippen LogP contribution in [0.1, 0.15) is 18.9 Å². The predicted molar refractivity (Wildman–Crippen MR) is 60.1 cm³/mol. The van der Waals surface area contributed by atoms with E-state index in [1.807, 2.05) is 6.07 Å². The van der Waals surface area contributed by atoms with Gasteiger partial charge >= 0.3 is 0 Å². The lowest BCUT2D eigenvalue weighted by molar-refractivity contribution is 0.614. The van der Waals surface area contributed by atoms with E-state index in [4.69, 9.17) is 12.2 Å². The number of thiocarbonyl (C=S) groups is 1. The van der Waals surface area contributed by atoms with Gasteiger partial charge in [-0.2, -0.15) is 0 Å². The topological polar surface area (TPSA) is 12.0 Å². The predicted octanol–water partition coefficient (Wildman–Crippen LogP) is 3.01. The minimum absolute atomic E-state index is 0.656. The fourth-order valence-electron chi connectivity index (χ4n) is 1.79. The molecule has 0 aliphatic carbocycles. The van der Waals surface area contributed by atoms with Crippen molar-refractivity contribution in [2.45, 2.75) is 19.8 Å². The zero-order valence-corrected chi connectivity index (χ0v) is 8.53. The number of hydrogen-bond donors (Lipinski definition) is 1. The van der Waals surface area contributed by atoms with Crippen molar-refractivity contribution < 1.29 is 0 Å². The van der Waals surface area contributed by atoms with Crippen molar-refractivity contribution in [2.75, 3.05) is 5.32 Å². The van der Waals surface area contributed by atoms with Gasteiger partial charge < -0.3 is 5.32 Å². The van der Waals surface area contributed by atoms with Gasteiger partial charge in [0.15, 0.2) is 0 Å². The maximum atomic E-state index is 5.23. The highest BCUT2D eigenvalue weighted by Crippen LogP contribution is 2.24. The van der Waals surface area contributed by atoms with E-state index < -0.39 is 0 Å². The zero-order valence-electron chi connectivity index (χ0n) is 7.71. The number of rotatable bonds is 0. The summed E-state index contributed by atoms with van der Waals surface area (Å²) < 4.78 is 0. The minimum Gasteiger partial charge on any atom is -0.350 e. The highest BCUT2D eigenvalue weighted by molar-refractivity contribution is 7.80. The van der Waals surface area contributed by atoms with Crippen LogP contribution in [0.2, 0.25) is 0 Å². The van der Waals surface area contributed by atoms with Crippen LogP contribution >= 0.6 is 12.2 Å². The lowest BCUT2D eigenvalue weighted by Crippen LogP contribution is -2.09. The van der Waals surface area contributed by atoms with Gasteiger partial charge in [-0.1, -0.05) is 37.3 Å². The summed E-state index contributed by atoms with van der Waals surface area (Å²) in [4.78, 5) is 0.970. The standard InChI is InChI=1S/C11H13NS/c1-8-6-9-4-2-3-5-10(9)12-11(13)7-8/h2-5,8H,6-7H2,1H3,(H,12,13). The number of benzene rings is 1. The Labute approximate surface area is 84.2 Å². The molecule has 0 bridgehead atoms. The molecule has 0 aromatic heterocycles. The van der Waals surface area contributed by atoms with Gasteiger partial charge in [0, 0.05) is 12.1 Å². The summed E-state index contributed by atoms with van der Waals surface area (Å²) in [6.07, 6.45) is 2.13. The Morgan fingerprint density at radius 2 is 2.08 bits per heavy atom. The smallest absolute Gasteiger partial charge is 0.0800 e. The molecule has 1 atom stereocenters. The first-order valence-corrected chi connectivity index (χ1v) is 5.04. The van der Waals surface area contributed by atoms with Crippen LogP contribution in [0.3, 0.4) is 0 Å². The Morgan fingerprint density at radius 3 is 2.92 bits per heavy atom. The van der Waals surface area contributed by atoms with Crippen molar-refractivity contribution in [3.05, 3.63) is 29.8 Å². The number of fused-ring (bicyclic) bond motifs is 1. The molecule has 1 aliphatic heterocycles. The van der Waals surface area contributed by atoms with Gasteiger partial charge in [-0.15, -0.1) is 0 Å². The molecule has 1 unspecified atom stereocenters. The van der Waals surface area contributed by atoms with Crippen LogP contribution in [0, 0.1) is 5.92 Å². The Kier molecular flexibility index (Phi) is 2.32. The van der Waals surface area contributed by atoms with Gasteiger partial charge in [-0.25, -0.2) is 0 Å². The summed E-state index contributed by atoms with van der Waals surface area (Å²) >= 11 is 5.23. The molecule has 0 saturated carbocycles. The van der Waals surface area contributed by atoms with Crippen molar-refractivity contribution in [1.29, 1.82) is 0 Å². The van der Waals surface area contributed by atoms with Gasteiger partial charge in [0.1, 0.15) is 0 Å². The van der Waals surface area contributed by atoms with Crippen molar-refractivity contribution >= 4 is 22.9 Å². The first-order chi connectivity index (χ1) is 6.25. The Hall–Kier alpha value is -0.890. The molecule has 0 amide bonds. The van der Waals surface area contributed by atoms with Gasteiger partial charge in [0.05, 0.1) is 4.99 Å². The first kappa shape index (κ1) is 8.70. The second-order valence-electron chi connectivity index (χ2n) is 3.72. The molecule has 1 heterocycles. The van der Waals surface area contributed by atoms with E-state index in [9.17, 15) is 0 Å². The quantitative estimate of drug-likeness (QED) is 0.633. The molecule has 0 saturated heterocycles. The van der Waals surface area contributed by atoms with Crippen LogP contribution in [0.5, 0.6) is 0 Å². The van der Waals surface area contributed by atoms with Crippen LogP contribution in [-0.2, 0) is 6.42 Å². The van der Waals surface area contributed by atoms with Crippen molar-refractivity contribution in [2.24, 2.45) is 5.92 Å². The summed E-state index contributed by atoms with van der Waals surface area (Å²) in [7, 11) is 0. The summed E-state index contributed by atoms with van der Waals surface area (Å²) in [6.45, 7) is 2.25. The Morgan fingerprint density at radius 1 is 1.31 bits per heavy atom. The minimum atomic E-state index is 0.656. The monoisotopic (exact) mass is 191 g/mol. The number of hydrogen-bond acceptors (Lipinski definition) is 1. The van der Waals surface area contributed by atoms with Crippen LogP contribution in [0.15, 0.2) is 24.3 Å². The average Bonchev–Trinajstić information content (AvgIpc) is 2.20. The third kappa shape index (κ3) is 1.89.